The SMILES string of the molecule is COCCCn1c(C2CCCN(C(=O)C[C@@H](Cc3ccc(B4OC(C)(C)C(C)(C)O4)cc3)NC(=O)O)C2)cc2ccccc21. The number of aryl methyl sites for hydroxylation is 1. The van der Waals surface area contributed by atoms with E-state index in [0.717, 1.165) is 36.8 Å². The molecule has 2 amide bonds. The summed E-state index contributed by atoms with van der Waals surface area (Å²) in [6.45, 7) is 11.0. The molecule has 2 aromatic carbocycles. The number of carbonyl (C=O) groups is 2. The molecule has 0 saturated carbocycles. The summed E-state index contributed by atoms with van der Waals surface area (Å²) in [5.74, 6) is 0.195. The van der Waals surface area contributed by atoms with Crippen LogP contribution in [0.3, 0.4) is 0 Å². The van der Waals surface area contributed by atoms with Crippen LogP contribution in [0.5, 0.6) is 0 Å². The normalized spacial score (nSPS) is 20.2. The van der Waals surface area contributed by atoms with Crippen LogP contribution in [0.1, 0.15) is 70.6 Å². The minimum Gasteiger partial charge on any atom is -0.465 e. The van der Waals surface area contributed by atoms with Gasteiger partial charge in [0.1, 0.15) is 0 Å². The van der Waals surface area contributed by atoms with Gasteiger partial charge >= 0.3 is 13.2 Å². The van der Waals surface area contributed by atoms with E-state index in [9.17, 15) is 14.7 Å². The highest BCUT2D eigenvalue weighted by Gasteiger charge is 2.51. The molecule has 2 N–H and O–H groups in total. The Bertz CT molecular complexity index is 1440. The summed E-state index contributed by atoms with van der Waals surface area (Å²) in [6.07, 6.45) is 2.22. The van der Waals surface area contributed by atoms with Gasteiger partial charge in [0.15, 0.2) is 0 Å². The summed E-state index contributed by atoms with van der Waals surface area (Å²) < 4.78 is 20.0. The van der Waals surface area contributed by atoms with Gasteiger partial charge in [0.05, 0.1) is 11.2 Å². The molecule has 1 unspecified atom stereocenters. The molecule has 2 saturated heterocycles. The molecule has 2 atom stereocenters. The first-order valence-corrected chi connectivity index (χ1v) is 15.8. The molecule has 9 nitrogen and oxygen atoms in total. The molecular formula is C34H46BN3O6. The number of hydrogen-bond donors (Lipinski definition) is 2. The van der Waals surface area contributed by atoms with Crippen LogP contribution in [0.2, 0.25) is 0 Å². The van der Waals surface area contributed by atoms with Crippen molar-refractivity contribution in [3.63, 3.8) is 0 Å². The van der Waals surface area contributed by atoms with Gasteiger partial charge in [0, 0.05) is 62.9 Å². The Morgan fingerprint density at radius 3 is 2.48 bits per heavy atom. The van der Waals surface area contributed by atoms with E-state index >= 15 is 0 Å². The van der Waals surface area contributed by atoms with E-state index in [0.29, 0.717) is 26.1 Å². The van der Waals surface area contributed by atoms with Crippen molar-refractivity contribution in [1.82, 2.24) is 14.8 Å². The maximum absolute atomic E-state index is 13.6. The zero-order valence-corrected chi connectivity index (χ0v) is 26.7. The van der Waals surface area contributed by atoms with Gasteiger partial charge < -0.3 is 33.9 Å². The monoisotopic (exact) mass is 603 g/mol. The van der Waals surface area contributed by atoms with Gasteiger partial charge in [-0.15, -0.1) is 0 Å². The predicted molar refractivity (Wildman–Crippen MR) is 172 cm³/mol. The van der Waals surface area contributed by atoms with E-state index in [2.05, 4.69) is 40.2 Å². The van der Waals surface area contributed by atoms with E-state index in [4.69, 9.17) is 14.0 Å². The molecule has 3 heterocycles. The molecule has 10 heteroatoms. The van der Waals surface area contributed by atoms with Crippen molar-refractivity contribution >= 4 is 35.5 Å². The number of likely N-dealkylation sites (tertiary alicyclic amines) is 1. The average Bonchev–Trinajstić information content (AvgIpc) is 3.45. The zero-order valence-electron chi connectivity index (χ0n) is 26.7. The van der Waals surface area contributed by atoms with E-state index in [1.54, 1.807) is 7.11 Å². The number of rotatable bonds is 11. The molecule has 1 aromatic heterocycles. The highest BCUT2D eigenvalue weighted by Crippen LogP contribution is 2.36. The quantitative estimate of drug-likeness (QED) is 0.238. The Balaban J connectivity index is 1.25. The lowest BCUT2D eigenvalue weighted by molar-refractivity contribution is -0.132. The number of carbonyl (C=O) groups excluding carboxylic acids is 1. The number of amides is 2. The molecular weight excluding hydrogens is 557 g/mol. The second-order valence-electron chi connectivity index (χ2n) is 13.2. The summed E-state index contributed by atoms with van der Waals surface area (Å²) in [5, 5.41) is 13.4. The number of nitrogens with one attached hydrogen (secondary N) is 1. The van der Waals surface area contributed by atoms with Crippen LogP contribution in [0.15, 0.2) is 54.6 Å². The minimum atomic E-state index is -1.13. The van der Waals surface area contributed by atoms with Gasteiger partial charge in [0.2, 0.25) is 5.91 Å². The van der Waals surface area contributed by atoms with E-state index < -0.39 is 30.5 Å². The van der Waals surface area contributed by atoms with Crippen LogP contribution < -0.4 is 10.8 Å². The van der Waals surface area contributed by atoms with Crippen LogP contribution >= 0.6 is 0 Å². The van der Waals surface area contributed by atoms with Gasteiger partial charge in [0.25, 0.3) is 0 Å². The van der Waals surface area contributed by atoms with E-state index in [-0.39, 0.29) is 18.2 Å². The second-order valence-corrected chi connectivity index (χ2v) is 13.2. The lowest BCUT2D eigenvalue weighted by atomic mass is 9.78. The lowest BCUT2D eigenvalue weighted by Crippen LogP contribution is -2.44. The predicted octanol–water partition coefficient (Wildman–Crippen LogP) is 4.95. The van der Waals surface area contributed by atoms with Crippen molar-refractivity contribution in [2.75, 3.05) is 26.8 Å². The Kier molecular flexibility index (Phi) is 9.73. The van der Waals surface area contributed by atoms with E-state index in [1.165, 1.54) is 16.6 Å². The molecule has 5 rings (SSSR count). The first kappa shape index (κ1) is 32.1. The molecule has 0 radical (unpaired) electrons. The number of carboxylic acid groups (broad SMARTS) is 1. The zero-order chi connectivity index (χ0) is 31.5. The number of benzene rings is 2. The highest BCUT2D eigenvalue weighted by molar-refractivity contribution is 6.62. The second kappa shape index (κ2) is 13.3. The third-order valence-electron chi connectivity index (χ3n) is 9.50. The van der Waals surface area contributed by atoms with Gasteiger partial charge in [-0.2, -0.15) is 0 Å². The third-order valence-corrected chi connectivity index (χ3v) is 9.50. The van der Waals surface area contributed by atoms with Crippen molar-refractivity contribution in [2.45, 2.75) is 89.5 Å². The maximum Gasteiger partial charge on any atom is 0.494 e. The van der Waals surface area contributed by atoms with Crippen molar-refractivity contribution in [2.24, 2.45) is 0 Å². The fourth-order valence-corrected chi connectivity index (χ4v) is 6.39. The number of nitrogens with zero attached hydrogens (tertiary/aromatic N) is 2. The van der Waals surface area contributed by atoms with Crippen molar-refractivity contribution < 1.29 is 28.7 Å². The highest BCUT2D eigenvalue weighted by atomic mass is 16.7. The molecule has 0 bridgehead atoms. The number of methoxy groups -OCH3 is 1. The van der Waals surface area contributed by atoms with Crippen molar-refractivity contribution in [1.29, 1.82) is 0 Å². The van der Waals surface area contributed by atoms with Crippen LogP contribution in [-0.2, 0) is 31.8 Å². The molecule has 0 spiro atoms. The molecule has 0 aliphatic carbocycles. The number of fused-ring (bicyclic) bond motifs is 1. The number of piperidine rings is 1. The smallest absolute Gasteiger partial charge is 0.465 e. The number of hydrogen-bond acceptors (Lipinski definition) is 5. The van der Waals surface area contributed by atoms with Crippen molar-refractivity contribution in [3.05, 3.63) is 65.9 Å². The number of ether oxygens (including phenoxy) is 1. The molecule has 2 fully saturated rings. The Morgan fingerprint density at radius 2 is 1.80 bits per heavy atom. The Labute approximate surface area is 261 Å². The molecule has 2 aliphatic heterocycles. The summed E-state index contributed by atoms with van der Waals surface area (Å²) in [4.78, 5) is 27.2. The van der Waals surface area contributed by atoms with Crippen LogP contribution in [0.25, 0.3) is 10.9 Å². The Hall–Kier alpha value is -3.34. The first-order valence-electron chi connectivity index (χ1n) is 15.8. The van der Waals surface area contributed by atoms with Gasteiger partial charge in [-0.25, -0.2) is 4.79 Å². The summed E-state index contributed by atoms with van der Waals surface area (Å²) in [6, 6.07) is 18.0. The van der Waals surface area contributed by atoms with Gasteiger partial charge in [-0.3, -0.25) is 4.79 Å². The van der Waals surface area contributed by atoms with Crippen LogP contribution in [0.4, 0.5) is 4.79 Å². The molecule has 236 valence electrons. The van der Waals surface area contributed by atoms with Gasteiger partial charge in [-0.05, 0) is 81.9 Å². The summed E-state index contributed by atoms with van der Waals surface area (Å²) in [5.41, 5.74) is 3.45. The molecule has 2 aliphatic rings. The Morgan fingerprint density at radius 1 is 1.09 bits per heavy atom. The van der Waals surface area contributed by atoms with Crippen LogP contribution in [0, 0.1) is 0 Å². The van der Waals surface area contributed by atoms with Crippen LogP contribution in [-0.4, -0.2) is 77.7 Å². The number of aromatic nitrogens is 1. The number of para-hydroxylation sites is 1. The molecule has 44 heavy (non-hydrogen) atoms. The van der Waals surface area contributed by atoms with E-state index in [1.807, 2.05) is 56.9 Å². The van der Waals surface area contributed by atoms with Crippen molar-refractivity contribution in [3.8, 4) is 0 Å². The topological polar surface area (TPSA) is 102 Å². The average molecular weight is 604 g/mol. The summed E-state index contributed by atoms with van der Waals surface area (Å²) >= 11 is 0. The first-order chi connectivity index (χ1) is 21.0. The van der Waals surface area contributed by atoms with Gasteiger partial charge in [-0.1, -0.05) is 42.5 Å². The maximum atomic E-state index is 13.6. The third kappa shape index (κ3) is 7.14. The standard InChI is InChI=1S/C34H46BN3O6/c1-33(2)34(3,4)44-35(43-33)27-15-13-24(14-16-27)20-28(36-32(40)41)22-31(39)37-17-8-11-26(23-37)30-21-25-10-6-7-12-29(25)38(30)18-9-19-42-5/h6-7,10,12-16,21,26,28,36H,8-9,11,17-20,22-23H2,1-5H3,(H,40,41)/t26?,28-/m1/s1. The summed E-state index contributed by atoms with van der Waals surface area (Å²) in [7, 11) is 1.26. The fraction of sp³-hybridized carbons (Fsp3) is 0.529. The largest absolute Gasteiger partial charge is 0.494 e. The lowest BCUT2D eigenvalue weighted by Gasteiger charge is -2.34. The molecule has 3 aromatic rings. The fourth-order valence-electron chi connectivity index (χ4n) is 6.39. The minimum absolute atomic E-state index is 0.0238.